The average Bonchev–Trinajstić information content (AvgIpc) is 2.65. The second-order valence-corrected chi connectivity index (χ2v) is 5.63. The first-order valence-corrected chi connectivity index (χ1v) is 8.11. The molecule has 6 heteroatoms. The topological polar surface area (TPSA) is 71.9 Å². The van der Waals surface area contributed by atoms with Gasteiger partial charge in [0.25, 0.3) is 5.91 Å². The smallest absolute Gasteiger partial charge is 0.266 e. The molecular weight excluding hydrogens is 318 g/mol. The van der Waals surface area contributed by atoms with Crippen molar-refractivity contribution < 1.29 is 14.3 Å². The molecule has 1 aliphatic heterocycles. The highest BCUT2D eigenvalue weighted by molar-refractivity contribution is 6.28. The summed E-state index contributed by atoms with van der Waals surface area (Å²) in [5.74, 6) is -0.968. The Morgan fingerprint density at radius 1 is 1.20 bits per heavy atom. The molecule has 0 fully saturated rings. The van der Waals surface area contributed by atoms with E-state index in [0.717, 1.165) is 11.3 Å². The van der Waals surface area contributed by atoms with Crippen LogP contribution >= 0.6 is 0 Å². The van der Waals surface area contributed by atoms with Gasteiger partial charge in [0.1, 0.15) is 5.82 Å². The van der Waals surface area contributed by atoms with Crippen LogP contribution < -0.4 is 4.90 Å². The van der Waals surface area contributed by atoms with Crippen molar-refractivity contribution in [2.75, 3.05) is 25.2 Å². The van der Waals surface area contributed by atoms with Gasteiger partial charge in [0, 0.05) is 38.2 Å². The van der Waals surface area contributed by atoms with E-state index in [4.69, 9.17) is 4.74 Å². The van der Waals surface area contributed by atoms with Crippen molar-refractivity contribution in [1.82, 2.24) is 4.98 Å². The summed E-state index contributed by atoms with van der Waals surface area (Å²) in [5.41, 5.74) is 1.18. The van der Waals surface area contributed by atoms with Gasteiger partial charge in [0.15, 0.2) is 0 Å². The molecule has 2 aromatic rings. The number of imide groups is 1. The number of aromatic nitrogens is 1. The van der Waals surface area contributed by atoms with E-state index in [2.05, 4.69) is 9.98 Å². The normalized spacial score (nSPS) is 17.2. The fourth-order valence-electron chi connectivity index (χ4n) is 2.78. The molecule has 25 heavy (non-hydrogen) atoms. The monoisotopic (exact) mass is 337 g/mol. The Labute approximate surface area is 146 Å². The maximum Gasteiger partial charge on any atom is 0.266 e. The molecular formula is C19H19N3O3. The van der Waals surface area contributed by atoms with E-state index >= 15 is 0 Å². The lowest BCUT2D eigenvalue weighted by molar-refractivity contribution is -0.118. The summed E-state index contributed by atoms with van der Waals surface area (Å²) in [6, 6.07) is 12.3. The average molecular weight is 337 g/mol. The first-order valence-electron chi connectivity index (χ1n) is 8.11. The zero-order valence-electron chi connectivity index (χ0n) is 14.0. The molecule has 1 aromatic carbocycles. The molecule has 3 rings (SSSR count). The summed E-state index contributed by atoms with van der Waals surface area (Å²) in [5, 5.41) is 0. The molecule has 1 aliphatic rings. The number of aliphatic imine (C=N–C) groups is 1. The van der Waals surface area contributed by atoms with Gasteiger partial charge in [0.2, 0.25) is 5.91 Å². The lowest BCUT2D eigenvalue weighted by Gasteiger charge is -2.30. The zero-order valence-corrected chi connectivity index (χ0v) is 14.0. The van der Waals surface area contributed by atoms with Crippen LogP contribution in [0.15, 0.2) is 53.7 Å². The Morgan fingerprint density at radius 2 is 2.00 bits per heavy atom. The third-order valence-corrected chi connectivity index (χ3v) is 3.98. The molecule has 0 radical (unpaired) electrons. The van der Waals surface area contributed by atoms with Gasteiger partial charge in [-0.1, -0.05) is 24.3 Å². The van der Waals surface area contributed by atoms with Crippen LogP contribution in [0.4, 0.5) is 5.82 Å². The van der Waals surface area contributed by atoms with Crippen LogP contribution in [-0.4, -0.2) is 43.3 Å². The first kappa shape index (κ1) is 17.0. The zero-order chi connectivity index (χ0) is 17.6. The summed E-state index contributed by atoms with van der Waals surface area (Å²) in [6.07, 6.45) is 3.96. The van der Waals surface area contributed by atoms with E-state index in [-0.39, 0.29) is 11.8 Å². The van der Waals surface area contributed by atoms with Crippen LogP contribution in [0.5, 0.6) is 0 Å². The minimum Gasteiger partial charge on any atom is -0.385 e. The van der Waals surface area contributed by atoms with Gasteiger partial charge in [-0.05, 0) is 30.2 Å². The SMILES string of the molecule is COCCCN=CC1C(=O)N(c2ccccn2)C(=O)c2ccccc21. The molecule has 1 unspecified atom stereocenters. The number of carbonyl (C=O) groups excluding carboxylic acids is 2. The van der Waals surface area contributed by atoms with Crippen molar-refractivity contribution in [1.29, 1.82) is 0 Å². The fourth-order valence-corrected chi connectivity index (χ4v) is 2.78. The number of benzene rings is 1. The molecule has 2 heterocycles. The molecule has 0 N–H and O–H groups in total. The Kier molecular flexibility index (Phi) is 5.30. The van der Waals surface area contributed by atoms with Gasteiger partial charge < -0.3 is 4.74 Å². The van der Waals surface area contributed by atoms with Gasteiger partial charge in [-0.25, -0.2) is 9.88 Å². The number of fused-ring (bicyclic) bond motifs is 1. The van der Waals surface area contributed by atoms with E-state index in [0.29, 0.717) is 30.1 Å². The highest BCUT2D eigenvalue weighted by atomic mass is 16.5. The molecule has 128 valence electrons. The van der Waals surface area contributed by atoms with Crippen LogP contribution in [0.1, 0.15) is 28.3 Å². The summed E-state index contributed by atoms with van der Waals surface area (Å²) in [6.45, 7) is 1.18. The predicted octanol–water partition coefficient (Wildman–Crippen LogP) is 2.46. The summed E-state index contributed by atoms with van der Waals surface area (Å²) < 4.78 is 5.00. The van der Waals surface area contributed by atoms with Gasteiger partial charge >= 0.3 is 0 Å². The number of pyridine rings is 1. The number of methoxy groups -OCH3 is 1. The third kappa shape index (κ3) is 3.49. The number of amides is 2. The molecule has 0 saturated carbocycles. The highest BCUT2D eigenvalue weighted by Gasteiger charge is 2.39. The van der Waals surface area contributed by atoms with Crippen LogP contribution in [0.3, 0.4) is 0 Å². The van der Waals surface area contributed by atoms with Crippen LogP contribution in [0.2, 0.25) is 0 Å². The van der Waals surface area contributed by atoms with Crippen molar-refractivity contribution in [2.45, 2.75) is 12.3 Å². The molecule has 1 atom stereocenters. The molecule has 0 bridgehead atoms. The lowest BCUT2D eigenvalue weighted by atomic mass is 9.89. The minimum absolute atomic E-state index is 0.324. The molecule has 2 amide bonds. The van der Waals surface area contributed by atoms with Crippen molar-refractivity contribution in [3.63, 3.8) is 0 Å². The summed E-state index contributed by atoms with van der Waals surface area (Å²) in [7, 11) is 1.64. The Morgan fingerprint density at radius 3 is 2.76 bits per heavy atom. The van der Waals surface area contributed by atoms with E-state index in [1.54, 1.807) is 55.9 Å². The quantitative estimate of drug-likeness (QED) is 0.461. The second kappa shape index (κ2) is 7.81. The van der Waals surface area contributed by atoms with Crippen molar-refractivity contribution >= 4 is 23.8 Å². The molecule has 0 saturated heterocycles. The minimum atomic E-state index is -0.599. The van der Waals surface area contributed by atoms with Crippen molar-refractivity contribution in [3.05, 3.63) is 59.8 Å². The molecule has 1 aromatic heterocycles. The lowest BCUT2D eigenvalue weighted by Crippen LogP contribution is -2.45. The fraction of sp³-hybridized carbons (Fsp3) is 0.263. The van der Waals surface area contributed by atoms with E-state index < -0.39 is 5.92 Å². The number of anilines is 1. The summed E-state index contributed by atoms with van der Waals surface area (Å²) in [4.78, 5) is 35.4. The van der Waals surface area contributed by atoms with E-state index in [1.165, 1.54) is 0 Å². The molecule has 6 nitrogen and oxygen atoms in total. The van der Waals surface area contributed by atoms with Crippen LogP contribution in [-0.2, 0) is 9.53 Å². The molecule has 0 spiro atoms. The van der Waals surface area contributed by atoms with Gasteiger partial charge in [-0.2, -0.15) is 0 Å². The maximum atomic E-state index is 13.0. The molecule has 0 aliphatic carbocycles. The number of hydrogen-bond donors (Lipinski definition) is 0. The van der Waals surface area contributed by atoms with E-state index in [9.17, 15) is 9.59 Å². The first-order chi connectivity index (χ1) is 12.2. The van der Waals surface area contributed by atoms with Crippen molar-refractivity contribution in [2.24, 2.45) is 4.99 Å². The van der Waals surface area contributed by atoms with Gasteiger partial charge in [-0.15, -0.1) is 0 Å². The Bertz CT molecular complexity index is 790. The van der Waals surface area contributed by atoms with Crippen LogP contribution in [0, 0.1) is 0 Å². The predicted molar refractivity (Wildman–Crippen MR) is 95.1 cm³/mol. The number of rotatable bonds is 6. The van der Waals surface area contributed by atoms with Crippen LogP contribution in [0.25, 0.3) is 0 Å². The standard InChI is InChI=1S/C19H19N3O3/c1-25-12-6-10-20-13-16-14-7-2-3-8-15(14)18(23)22(19(16)24)17-9-4-5-11-21-17/h2-5,7-9,11,13,16H,6,10,12H2,1H3. The van der Waals surface area contributed by atoms with Crippen molar-refractivity contribution in [3.8, 4) is 0 Å². The Hall–Kier alpha value is -2.86. The van der Waals surface area contributed by atoms with Gasteiger partial charge in [0.05, 0.1) is 5.92 Å². The Balaban J connectivity index is 1.95. The number of hydrogen-bond acceptors (Lipinski definition) is 5. The highest BCUT2D eigenvalue weighted by Crippen LogP contribution is 2.30. The number of ether oxygens (including phenoxy) is 1. The third-order valence-electron chi connectivity index (χ3n) is 3.98. The second-order valence-electron chi connectivity index (χ2n) is 5.63. The number of nitrogens with zero attached hydrogens (tertiary/aromatic N) is 3. The summed E-state index contributed by atoms with van der Waals surface area (Å²) >= 11 is 0. The number of carbonyl (C=O) groups is 2. The van der Waals surface area contributed by atoms with E-state index in [1.807, 2.05) is 6.07 Å². The van der Waals surface area contributed by atoms with Gasteiger partial charge in [-0.3, -0.25) is 14.6 Å². The largest absolute Gasteiger partial charge is 0.385 e. The maximum absolute atomic E-state index is 13.0.